The Morgan fingerprint density at radius 1 is 0.943 bits per heavy atom. The van der Waals surface area contributed by atoms with E-state index in [2.05, 4.69) is 20.2 Å². The zero-order valence-corrected chi connectivity index (χ0v) is 22.7. The van der Waals surface area contributed by atoms with Crippen molar-refractivity contribution in [2.24, 2.45) is 22.0 Å². The molecule has 2 aromatic carbocycles. The summed E-state index contributed by atoms with van der Waals surface area (Å²) in [5.41, 5.74) is 4.49. The number of amidine groups is 2. The first-order chi connectivity index (χ1) is 16.1. The van der Waals surface area contributed by atoms with Crippen molar-refractivity contribution in [1.29, 1.82) is 0 Å². The molecule has 0 aliphatic carbocycles. The molecule has 0 saturated carbocycles. The van der Waals surface area contributed by atoms with Crippen molar-refractivity contribution in [3.8, 4) is 11.4 Å². The third-order valence-corrected chi connectivity index (χ3v) is 6.23. The molecular weight excluding hydrogens is 477 g/mol. The Balaban J connectivity index is 0.00000289. The van der Waals surface area contributed by atoms with Gasteiger partial charge in [0.15, 0.2) is 23.1 Å². The molecule has 172 valence electrons. The van der Waals surface area contributed by atoms with Crippen molar-refractivity contribution in [2.75, 3.05) is 0 Å². The fourth-order valence-corrected chi connectivity index (χ4v) is 4.45. The van der Waals surface area contributed by atoms with Gasteiger partial charge in [0, 0.05) is 18.2 Å². The first-order valence-corrected chi connectivity index (χ1v) is 11.8. The van der Waals surface area contributed by atoms with E-state index in [1.807, 2.05) is 44.2 Å². The largest absolute Gasteiger partial charge is 1.00 e. The zero-order valence-electron chi connectivity index (χ0n) is 19.9. The Morgan fingerprint density at radius 2 is 1.66 bits per heavy atom. The number of nitrogens with zero attached hydrogens (tertiary/aromatic N) is 7. The van der Waals surface area contributed by atoms with Gasteiger partial charge in [0.25, 0.3) is 0 Å². The minimum absolute atomic E-state index is 0. The van der Waals surface area contributed by atoms with Crippen LogP contribution < -0.4 is 29.6 Å². The van der Waals surface area contributed by atoms with E-state index in [9.17, 15) is 13.0 Å². The third kappa shape index (κ3) is 4.65. The molecule has 0 radical (unpaired) electrons. The van der Waals surface area contributed by atoms with E-state index >= 15 is 0 Å². The Bertz CT molecular complexity index is 1670. The predicted molar refractivity (Wildman–Crippen MR) is 128 cm³/mol. The van der Waals surface area contributed by atoms with Crippen LogP contribution in [-0.4, -0.2) is 49.7 Å². The molecule has 0 saturated heterocycles. The van der Waals surface area contributed by atoms with E-state index in [-0.39, 0.29) is 34.5 Å². The molecule has 0 unspecified atom stereocenters. The van der Waals surface area contributed by atoms with Gasteiger partial charge in [-0.05, 0) is 44.5 Å². The Kier molecular flexibility index (Phi) is 6.64. The van der Waals surface area contributed by atoms with Gasteiger partial charge in [-0.2, -0.15) is 14.7 Å². The summed E-state index contributed by atoms with van der Waals surface area (Å²) in [4.78, 5) is 13.6. The summed E-state index contributed by atoms with van der Waals surface area (Å²) in [5.74, 6) is 1.47. The van der Waals surface area contributed by atoms with E-state index in [4.69, 9.17) is 4.99 Å². The van der Waals surface area contributed by atoms with Gasteiger partial charge >= 0.3 is 29.6 Å². The molecule has 2 aromatic heterocycles. The standard InChI is InChI=1S/C23H21N7O3S.Na/c1-13-10-17(12-18(11-13)34(31,32)33)22-28-29(4)23-19(14(2)27-30(22)23)25-20-15(3)24-21(26-20)16-8-6-5-7-9-16;/h5-12H,1-4H3,(H,31,32,33);/q;+1/p-1. The SMILES string of the molecule is CC1=NC(c2ccccc2)=NC1=Nc1c(C)nn2c(-c3cc(C)cc(S(=O)(=O)[O-])c3)nn(C)c12.[Na+]. The topological polar surface area (TPSA) is 129 Å². The molecule has 35 heavy (non-hydrogen) atoms. The Morgan fingerprint density at radius 3 is 2.34 bits per heavy atom. The van der Waals surface area contributed by atoms with Crippen molar-refractivity contribution in [2.45, 2.75) is 25.7 Å². The van der Waals surface area contributed by atoms with E-state index in [1.54, 1.807) is 29.2 Å². The van der Waals surface area contributed by atoms with Crippen molar-refractivity contribution >= 4 is 38.8 Å². The minimum Gasteiger partial charge on any atom is -0.744 e. The summed E-state index contributed by atoms with van der Waals surface area (Å²) in [5, 5.41) is 9.11. The Labute approximate surface area is 224 Å². The molecule has 0 atom stereocenters. The smallest absolute Gasteiger partial charge is 0.744 e. The number of fused-ring (bicyclic) bond motifs is 1. The van der Waals surface area contributed by atoms with Crippen LogP contribution in [0.15, 0.2) is 68.4 Å². The monoisotopic (exact) mass is 497 g/mol. The summed E-state index contributed by atoms with van der Waals surface area (Å²) in [6.07, 6.45) is 0. The predicted octanol–water partition coefficient (Wildman–Crippen LogP) is 0.211. The molecule has 12 heteroatoms. The zero-order chi connectivity index (χ0) is 24.2. The second-order valence-corrected chi connectivity index (χ2v) is 9.42. The molecule has 3 heterocycles. The third-order valence-electron chi connectivity index (χ3n) is 5.41. The molecule has 0 spiro atoms. The van der Waals surface area contributed by atoms with Gasteiger partial charge in [-0.1, -0.05) is 30.3 Å². The van der Waals surface area contributed by atoms with Crippen molar-refractivity contribution < 1.29 is 42.5 Å². The average molecular weight is 498 g/mol. The average Bonchev–Trinajstić information content (AvgIpc) is 3.41. The number of aliphatic imine (C=N–C) groups is 3. The fraction of sp³-hybridized carbons (Fsp3) is 0.174. The molecular formula is C23H20N7NaO3S. The molecule has 0 amide bonds. The maximum atomic E-state index is 11.6. The number of hydrogen-bond acceptors (Lipinski definition) is 7. The number of aromatic nitrogens is 4. The first-order valence-electron chi connectivity index (χ1n) is 10.4. The van der Waals surface area contributed by atoms with Crippen LogP contribution in [0.5, 0.6) is 0 Å². The molecule has 4 aromatic rings. The Hall–Kier alpha value is -2.96. The fourth-order valence-electron chi connectivity index (χ4n) is 3.85. The molecule has 0 fully saturated rings. The minimum atomic E-state index is -4.62. The van der Waals surface area contributed by atoms with E-state index in [0.29, 0.717) is 51.4 Å². The van der Waals surface area contributed by atoms with Gasteiger partial charge in [0.1, 0.15) is 15.8 Å². The van der Waals surface area contributed by atoms with Crippen LogP contribution in [0.4, 0.5) is 5.69 Å². The van der Waals surface area contributed by atoms with Crippen LogP contribution in [0.25, 0.3) is 17.0 Å². The molecule has 0 N–H and O–H groups in total. The van der Waals surface area contributed by atoms with Crippen LogP contribution >= 0.6 is 0 Å². The molecule has 1 aliphatic rings. The number of aryl methyl sites for hydroxylation is 3. The van der Waals surface area contributed by atoms with E-state index in [1.165, 1.54) is 12.1 Å². The van der Waals surface area contributed by atoms with Gasteiger partial charge < -0.3 is 4.55 Å². The van der Waals surface area contributed by atoms with Crippen LogP contribution in [0, 0.1) is 13.8 Å². The number of hydrogen-bond donors (Lipinski definition) is 0. The van der Waals surface area contributed by atoms with Gasteiger partial charge in [0.2, 0.25) is 0 Å². The summed E-state index contributed by atoms with van der Waals surface area (Å²) in [6, 6.07) is 14.1. The maximum absolute atomic E-state index is 11.6. The van der Waals surface area contributed by atoms with Crippen molar-refractivity contribution in [1.82, 2.24) is 19.4 Å². The summed E-state index contributed by atoms with van der Waals surface area (Å²) in [7, 11) is -2.87. The summed E-state index contributed by atoms with van der Waals surface area (Å²) in [6.45, 7) is 5.39. The molecule has 1 aliphatic heterocycles. The summed E-state index contributed by atoms with van der Waals surface area (Å²) < 4.78 is 38.0. The van der Waals surface area contributed by atoms with Gasteiger partial charge in [-0.25, -0.2) is 28.1 Å². The normalized spacial score (nSPS) is 14.8. The molecule has 5 rings (SSSR count). The molecule has 0 bridgehead atoms. The summed E-state index contributed by atoms with van der Waals surface area (Å²) >= 11 is 0. The number of rotatable bonds is 4. The van der Waals surface area contributed by atoms with Gasteiger partial charge in [0.05, 0.1) is 16.3 Å². The van der Waals surface area contributed by atoms with Crippen LogP contribution in [0.1, 0.15) is 23.7 Å². The van der Waals surface area contributed by atoms with Crippen LogP contribution in [0.2, 0.25) is 0 Å². The van der Waals surface area contributed by atoms with Crippen LogP contribution in [-0.2, 0) is 17.2 Å². The van der Waals surface area contributed by atoms with Crippen LogP contribution in [0.3, 0.4) is 0 Å². The number of benzene rings is 2. The van der Waals surface area contributed by atoms with Crippen molar-refractivity contribution in [3.05, 3.63) is 65.4 Å². The van der Waals surface area contributed by atoms with E-state index < -0.39 is 10.1 Å². The maximum Gasteiger partial charge on any atom is 1.00 e. The quantitative estimate of drug-likeness (QED) is 0.294. The second kappa shape index (κ2) is 9.25. The van der Waals surface area contributed by atoms with Crippen molar-refractivity contribution in [3.63, 3.8) is 0 Å². The van der Waals surface area contributed by atoms with E-state index in [0.717, 1.165) is 5.56 Å². The first kappa shape index (κ1) is 25.1. The van der Waals surface area contributed by atoms with Gasteiger partial charge in [-0.3, -0.25) is 0 Å². The second-order valence-electron chi connectivity index (χ2n) is 8.04. The molecule has 10 nitrogen and oxygen atoms in total. The van der Waals surface area contributed by atoms with Gasteiger partial charge in [-0.15, -0.1) is 0 Å².